The normalized spacial score (nSPS) is 13.0. The number of anilines is 1. The number of nitrogens with one attached hydrogen (secondary N) is 1. The Balaban J connectivity index is 1.61. The zero-order valence-electron chi connectivity index (χ0n) is 16.8. The van der Waals surface area contributed by atoms with Gasteiger partial charge in [-0.3, -0.25) is 4.79 Å². The van der Waals surface area contributed by atoms with E-state index in [0.29, 0.717) is 34.9 Å². The Bertz CT molecular complexity index is 924. The molecule has 0 saturated heterocycles. The molecule has 1 N–H and O–H groups in total. The molecule has 29 heavy (non-hydrogen) atoms. The minimum absolute atomic E-state index is 0.116. The van der Waals surface area contributed by atoms with Gasteiger partial charge in [0.2, 0.25) is 5.91 Å². The minimum atomic E-state index is -0.116. The molecule has 1 aliphatic rings. The molecule has 1 aliphatic carbocycles. The van der Waals surface area contributed by atoms with Gasteiger partial charge in [0.05, 0.1) is 25.5 Å². The molecule has 7 heteroatoms. The van der Waals surface area contributed by atoms with Crippen molar-refractivity contribution < 1.29 is 14.3 Å². The molecule has 0 spiro atoms. The van der Waals surface area contributed by atoms with Gasteiger partial charge in [0.25, 0.3) is 0 Å². The highest BCUT2D eigenvalue weighted by molar-refractivity contribution is 7.99. The van der Waals surface area contributed by atoms with Gasteiger partial charge >= 0.3 is 0 Å². The number of rotatable bonds is 7. The van der Waals surface area contributed by atoms with Gasteiger partial charge in [-0.15, -0.1) is 11.8 Å². The number of aryl methyl sites for hydroxylation is 2. The van der Waals surface area contributed by atoms with Crippen molar-refractivity contribution in [3.05, 3.63) is 41.1 Å². The quantitative estimate of drug-likeness (QED) is 0.538. The number of methoxy groups -OCH3 is 2. The van der Waals surface area contributed by atoms with Gasteiger partial charge in [0.15, 0.2) is 0 Å². The van der Waals surface area contributed by atoms with Gasteiger partial charge in [0, 0.05) is 23.9 Å². The highest BCUT2D eigenvalue weighted by Gasteiger charge is 2.15. The highest BCUT2D eigenvalue weighted by atomic mass is 32.2. The first-order valence-corrected chi connectivity index (χ1v) is 10.7. The molecule has 1 aromatic heterocycles. The number of carbonyl (C=O) groups excluding carboxylic acids is 1. The van der Waals surface area contributed by atoms with E-state index in [4.69, 9.17) is 14.5 Å². The van der Waals surface area contributed by atoms with Gasteiger partial charge in [0.1, 0.15) is 22.6 Å². The molecule has 0 bridgehead atoms. The number of fused-ring (bicyclic) bond motifs is 1. The van der Waals surface area contributed by atoms with Crippen molar-refractivity contribution in [2.75, 3.05) is 25.3 Å². The van der Waals surface area contributed by atoms with Gasteiger partial charge in [-0.1, -0.05) is 6.42 Å². The summed E-state index contributed by atoms with van der Waals surface area (Å²) in [7, 11) is 3.13. The van der Waals surface area contributed by atoms with Crippen LogP contribution in [0.25, 0.3) is 0 Å². The minimum Gasteiger partial charge on any atom is -0.497 e. The van der Waals surface area contributed by atoms with Gasteiger partial charge < -0.3 is 14.8 Å². The van der Waals surface area contributed by atoms with E-state index in [1.165, 1.54) is 23.7 Å². The predicted octanol–water partition coefficient (Wildman–Crippen LogP) is 4.36. The summed E-state index contributed by atoms with van der Waals surface area (Å²) in [6.07, 6.45) is 5.77. The number of thioether (sulfide) groups is 1. The topological polar surface area (TPSA) is 84.2 Å². The van der Waals surface area contributed by atoms with Crippen molar-refractivity contribution in [3.63, 3.8) is 0 Å². The molecule has 0 saturated carbocycles. The zero-order chi connectivity index (χ0) is 20.6. The Kier molecular flexibility index (Phi) is 7.36. The van der Waals surface area contributed by atoms with Crippen molar-refractivity contribution in [3.8, 4) is 17.6 Å². The van der Waals surface area contributed by atoms with Crippen LogP contribution in [0, 0.1) is 11.3 Å². The third-order valence-corrected chi connectivity index (χ3v) is 5.88. The Morgan fingerprint density at radius 1 is 1.21 bits per heavy atom. The first kappa shape index (κ1) is 21.0. The number of nitriles is 1. The van der Waals surface area contributed by atoms with Gasteiger partial charge in [-0.05, 0) is 49.4 Å². The lowest BCUT2D eigenvalue weighted by molar-refractivity contribution is -0.115. The summed E-state index contributed by atoms with van der Waals surface area (Å²) in [5, 5.41) is 13.1. The van der Waals surface area contributed by atoms with Crippen molar-refractivity contribution in [2.24, 2.45) is 0 Å². The first-order valence-electron chi connectivity index (χ1n) is 9.72. The van der Waals surface area contributed by atoms with E-state index in [-0.39, 0.29) is 5.91 Å². The molecule has 0 atom stereocenters. The van der Waals surface area contributed by atoms with Crippen LogP contribution in [0.15, 0.2) is 29.3 Å². The summed E-state index contributed by atoms with van der Waals surface area (Å²) >= 11 is 1.46. The number of pyridine rings is 1. The second-order valence-electron chi connectivity index (χ2n) is 6.83. The fourth-order valence-corrected chi connectivity index (χ4v) is 4.25. The Hall–Kier alpha value is -2.72. The van der Waals surface area contributed by atoms with E-state index >= 15 is 0 Å². The van der Waals surface area contributed by atoms with Crippen LogP contribution < -0.4 is 14.8 Å². The molecule has 152 valence electrons. The number of hydrogen-bond donors (Lipinski definition) is 1. The monoisotopic (exact) mass is 411 g/mol. The van der Waals surface area contributed by atoms with Crippen molar-refractivity contribution in [1.82, 2.24) is 4.98 Å². The molecular weight excluding hydrogens is 386 g/mol. The third-order valence-electron chi connectivity index (χ3n) is 4.89. The van der Waals surface area contributed by atoms with Gasteiger partial charge in [-0.2, -0.15) is 5.26 Å². The lowest BCUT2D eigenvalue weighted by atomic mass is 10.1. The number of nitrogens with zero attached hydrogens (tertiary/aromatic N) is 2. The lowest BCUT2D eigenvalue weighted by Gasteiger charge is -2.12. The first-order chi connectivity index (χ1) is 14.1. The van der Waals surface area contributed by atoms with Crippen molar-refractivity contribution >= 4 is 23.4 Å². The van der Waals surface area contributed by atoms with Crippen LogP contribution in [0.1, 0.15) is 42.5 Å². The molecule has 0 unspecified atom stereocenters. The summed E-state index contributed by atoms with van der Waals surface area (Å²) in [5.41, 5.74) is 3.52. The number of aromatic nitrogens is 1. The van der Waals surface area contributed by atoms with Crippen molar-refractivity contribution in [2.45, 2.75) is 43.6 Å². The number of benzene rings is 1. The summed E-state index contributed by atoms with van der Waals surface area (Å²) in [5.74, 6) is 1.64. The van der Waals surface area contributed by atoms with E-state index in [9.17, 15) is 10.1 Å². The highest BCUT2D eigenvalue weighted by Crippen LogP contribution is 2.30. The number of amides is 1. The average Bonchev–Trinajstić information content (AvgIpc) is 2.98. The summed E-state index contributed by atoms with van der Waals surface area (Å²) in [6, 6.07) is 9.49. The maximum Gasteiger partial charge on any atom is 0.225 e. The molecule has 3 rings (SSSR count). The van der Waals surface area contributed by atoms with Crippen LogP contribution in [-0.4, -0.2) is 30.9 Å². The van der Waals surface area contributed by atoms with E-state index in [1.807, 2.05) is 6.07 Å². The molecule has 0 fully saturated rings. The van der Waals surface area contributed by atoms with E-state index in [0.717, 1.165) is 36.4 Å². The maximum absolute atomic E-state index is 12.4. The Morgan fingerprint density at radius 2 is 2.03 bits per heavy atom. The molecule has 1 heterocycles. The molecule has 1 amide bonds. The second-order valence-corrected chi connectivity index (χ2v) is 7.92. The number of ether oxygens (including phenoxy) is 2. The summed E-state index contributed by atoms with van der Waals surface area (Å²) in [6.45, 7) is 0. The van der Waals surface area contributed by atoms with Gasteiger partial charge in [-0.25, -0.2) is 4.98 Å². The fourth-order valence-electron chi connectivity index (χ4n) is 3.34. The summed E-state index contributed by atoms with van der Waals surface area (Å²) in [4.78, 5) is 17.1. The zero-order valence-corrected chi connectivity index (χ0v) is 17.6. The maximum atomic E-state index is 12.4. The SMILES string of the molecule is COc1ccc(NC(=O)CCSc2nc3c(cc2C#N)CCCCC3)c(OC)c1. The molecule has 6 nitrogen and oxygen atoms in total. The molecule has 0 radical (unpaired) electrons. The Morgan fingerprint density at radius 3 is 2.79 bits per heavy atom. The van der Waals surface area contributed by atoms with Crippen LogP contribution in [0.2, 0.25) is 0 Å². The Labute approximate surface area is 175 Å². The smallest absolute Gasteiger partial charge is 0.225 e. The lowest BCUT2D eigenvalue weighted by Crippen LogP contribution is -2.13. The molecular formula is C22H25N3O3S. The number of hydrogen-bond acceptors (Lipinski definition) is 6. The van der Waals surface area contributed by atoms with Crippen molar-refractivity contribution in [1.29, 1.82) is 5.26 Å². The number of carbonyl (C=O) groups is 1. The van der Waals surface area contributed by atoms with Crippen LogP contribution in [-0.2, 0) is 17.6 Å². The van der Waals surface area contributed by atoms with Crippen LogP contribution in [0.3, 0.4) is 0 Å². The third kappa shape index (κ3) is 5.42. The molecule has 0 aliphatic heterocycles. The molecule has 1 aromatic carbocycles. The van der Waals surface area contributed by atoms with E-state index < -0.39 is 0 Å². The molecule has 2 aromatic rings. The standard InChI is InChI=1S/C22H25N3O3S/c1-27-17-8-9-19(20(13-17)28-2)24-21(26)10-11-29-22-16(14-23)12-15-6-4-3-5-7-18(15)25-22/h8-9,12-13H,3-7,10-11H2,1-2H3,(H,24,26). The van der Waals surface area contributed by atoms with E-state index in [1.54, 1.807) is 32.4 Å². The fraction of sp³-hybridized carbons (Fsp3) is 0.409. The summed E-state index contributed by atoms with van der Waals surface area (Å²) < 4.78 is 10.5. The second kappa shape index (κ2) is 10.2. The van der Waals surface area contributed by atoms with Crippen LogP contribution in [0.5, 0.6) is 11.5 Å². The largest absolute Gasteiger partial charge is 0.497 e. The van der Waals surface area contributed by atoms with Crippen LogP contribution >= 0.6 is 11.8 Å². The van der Waals surface area contributed by atoms with E-state index in [2.05, 4.69) is 11.4 Å². The predicted molar refractivity (Wildman–Crippen MR) is 114 cm³/mol. The van der Waals surface area contributed by atoms with Crippen LogP contribution in [0.4, 0.5) is 5.69 Å². The average molecular weight is 412 g/mol.